The van der Waals surface area contributed by atoms with E-state index in [2.05, 4.69) is 25.6 Å². The molecular formula is C16H17N5O3. The number of carbonyl (C=O) groups is 1. The van der Waals surface area contributed by atoms with Crippen LogP contribution in [0.5, 0.6) is 11.5 Å². The average Bonchev–Trinajstić information content (AvgIpc) is 2.88. The van der Waals surface area contributed by atoms with Crippen molar-refractivity contribution in [3.05, 3.63) is 47.0 Å². The van der Waals surface area contributed by atoms with Crippen molar-refractivity contribution in [2.75, 3.05) is 5.32 Å². The molecular weight excluding hydrogens is 310 g/mol. The SMILES string of the molecule is CC(C)NC(=O)Nc1cccc(Oc2ccnc3[nH]c(=O)[nH]c23)c1. The van der Waals surface area contributed by atoms with E-state index >= 15 is 0 Å². The molecule has 3 rings (SSSR count). The molecule has 0 aliphatic heterocycles. The Kier molecular flexibility index (Phi) is 4.19. The van der Waals surface area contributed by atoms with Crippen LogP contribution in [-0.2, 0) is 0 Å². The van der Waals surface area contributed by atoms with E-state index < -0.39 is 0 Å². The van der Waals surface area contributed by atoms with Crippen LogP contribution in [0.2, 0.25) is 0 Å². The summed E-state index contributed by atoms with van der Waals surface area (Å²) in [6.07, 6.45) is 1.54. The van der Waals surface area contributed by atoms with Crippen molar-refractivity contribution in [1.29, 1.82) is 0 Å². The maximum Gasteiger partial charge on any atom is 0.325 e. The summed E-state index contributed by atoms with van der Waals surface area (Å²) in [7, 11) is 0. The molecule has 3 aromatic rings. The van der Waals surface area contributed by atoms with Crippen molar-refractivity contribution >= 4 is 22.9 Å². The highest BCUT2D eigenvalue weighted by molar-refractivity contribution is 5.89. The van der Waals surface area contributed by atoms with E-state index in [-0.39, 0.29) is 17.8 Å². The fourth-order valence-corrected chi connectivity index (χ4v) is 2.19. The number of pyridine rings is 1. The summed E-state index contributed by atoms with van der Waals surface area (Å²) in [6.45, 7) is 3.76. The Labute approximate surface area is 137 Å². The van der Waals surface area contributed by atoms with Crippen molar-refractivity contribution in [3.63, 3.8) is 0 Å². The number of nitrogens with zero attached hydrogens (tertiary/aromatic N) is 1. The third-order valence-electron chi connectivity index (χ3n) is 3.12. The van der Waals surface area contributed by atoms with E-state index in [1.807, 2.05) is 13.8 Å². The predicted molar refractivity (Wildman–Crippen MR) is 90.5 cm³/mol. The third kappa shape index (κ3) is 3.54. The number of imidazole rings is 1. The molecule has 0 unspecified atom stereocenters. The van der Waals surface area contributed by atoms with E-state index in [1.165, 1.54) is 0 Å². The Bertz CT molecular complexity index is 929. The number of urea groups is 1. The van der Waals surface area contributed by atoms with E-state index in [0.717, 1.165) is 0 Å². The standard InChI is InChI=1S/C16H17N5O3/c1-9(2)18-15(22)19-10-4-3-5-11(8-10)24-12-6-7-17-14-13(12)20-16(23)21-14/h3-9H,1-2H3,(H2,18,19,22)(H2,17,20,21,23). The minimum Gasteiger partial charge on any atom is -0.455 e. The molecule has 24 heavy (non-hydrogen) atoms. The lowest BCUT2D eigenvalue weighted by atomic mass is 10.3. The molecule has 0 radical (unpaired) electrons. The molecule has 0 bridgehead atoms. The first-order valence-electron chi connectivity index (χ1n) is 7.44. The fourth-order valence-electron chi connectivity index (χ4n) is 2.19. The zero-order chi connectivity index (χ0) is 17.1. The molecule has 0 saturated carbocycles. The van der Waals surface area contributed by atoms with E-state index in [0.29, 0.717) is 28.4 Å². The van der Waals surface area contributed by atoms with Crippen LogP contribution in [0.4, 0.5) is 10.5 Å². The van der Waals surface area contributed by atoms with Crippen LogP contribution in [-0.4, -0.2) is 27.0 Å². The summed E-state index contributed by atoms with van der Waals surface area (Å²) < 4.78 is 5.81. The summed E-state index contributed by atoms with van der Waals surface area (Å²) in [5.74, 6) is 0.981. The van der Waals surface area contributed by atoms with Crippen LogP contribution in [0.25, 0.3) is 11.2 Å². The monoisotopic (exact) mass is 327 g/mol. The Morgan fingerprint density at radius 2 is 2.08 bits per heavy atom. The van der Waals surface area contributed by atoms with Gasteiger partial charge in [0, 0.05) is 30.1 Å². The molecule has 124 valence electrons. The summed E-state index contributed by atoms with van der Waals surface area (Å²) >= 11 is 0. The lowest BCUT2D eigenvalue weighted by Crippen LogP contribution is -2.34. The van der Waals surface area contributed by atoms with Gasteiger partial charge in [0.15, 0.2) is 11.4 Å². The van der Waals surface area contributed by atoms with Crippen molar-refractivity contribution in [3.8, 4) is 11.5 Å². The Hall–Kier alpha value is -3.29. The van der Waals surface area contributed by atoms with Crippen LogP contribution in [0.1, 0.15) is 13.8 Å². The highest BCUT2D eigenvalue weighted by atomic mass is 16.5. The molecule has 8 heteroatoms. The molecule has 2 amide bonds. The Morgan fingerprint density at radius 1 is 1.25 bits per heavy atom. The number of aromatic amines is 2. The van der Waals surface area contributed by atoms with Crippen molar-refractivity contribution in [2.24, 2.45) is 0 Å². The third-order valence-corrected chi connectivity index (χ3v) is 3.12. The van der Waals surface area contributed by atoms with Crippen LogP contribution >= 0.6 is 0 Å². The van der Waals surface area contributed by atoms with Crippen LogP contribution in [0.3, 0.4) is 0 Å². The second-order valence-electron chi connectivity index (χ2n) is 5.49. The average molecular weight is 327 g/mol. The number of anilines is 1. The van der Waals surface area contributed by atoms with Crippen molar-refractivity contribution in [2.45, 2.75) is 19.9 Å². The summed E-state index contributed by atoms with van der Waals surface area (Å²) in [5.41, 5.74) is 1.15. The number of aromatic nitrogens is 3. The molecule has 1 aromatic carbocycles. The molecule has 0 atom stereocenters. The van der Waals surface area contributed by atoms with Gasteiger partial charge in [-0.1, -0.05) is 6.07 Å². The minimum atomic E-state index is -0.352. The van der Waals surface area contributed by atoms with Gasteiger partial charge in [0.05, 0.1) is 0 Å². The fraction of sp³-hybridized carbons (Fsp3) is 0.188. The molecule has 4 N–H and O–H groups in total. The number of benzene rings is 1. The molecule has 0 aliphatic carbocycles. The van der Waals surface area contributed by atoms with E-state index in [4.69, 9.17) is 4.74 Å². The molecule has 2 aromatic heterocycles. The van der Waals surface area contributed by atoms with E-state index in [9.17, 15) is 9.59 Å². The normalized spacial score (nSPS) is 10.8. The maximum atomic E-state index is 11.8. The minimum absolute atomic E-state index is 0.0416. The zero-order valence-corrected chi connectivity index (χ0v) is 13.2. The van der Waals surface area contributed by atoms with Crippen LogP contribution in [0, 0.1) is 0 Å². The molecule has 0 saturated heterocycles. The van der Waals surface area contributed by atoms with Gasteiger partial charge in [0.25, 0.3) is 0 Å². The second-order valence-corrected chi connectivity index (χ2v) is 5.49. The molecule has 0 fully saturated rings. The number of hydrogen-bond donors (Lipinski definition) is 4. The van der Waals surface area contributed by atoms with Crippen molar-refractivity contribution < 1.29 is 9.53 Å². The van der Waals surface area contributed by atoms with Crippen LogP contribution < -0.4 is 21.1 Å². The van der Waals surface area contributed by atoms with Gasteiger partial charge in [-0.05, 0) is 26.0 Å². The molecule has 8 nitrogen and oxygen atoms in total. The number of hydrogen-bond acceptors (Lipinski definition) is 4. The Balaban J connectivity index is 1.81. The molecule has 2 heterocycles. The number of nitrogens with one attached hydrogen (secondary N) is 4. The first-order chi connectivity index (χ1) is 11.5. The predicted octanol–water partition coefficient (Wildman–Crippen LogP) is 2.57. The maximum absolute atomic E-state index is 11.8. The Morgan fingerprint density at radius 3 is 2.88 bits per heavy atom. The topological polar surface area (TPSA) is 112 Å². The highest BCUT2D eigenvalue weighted by Gasteiger charge is 2.09. The van der Waals surface area contributed by atoms with Crippen LogP contribution in [0.15, 0.2) is 41.3 Å². The lowest BCUT2D eigenvalue weighted by Gasteiger charge is -2.11. The van der Waals surface area contributed by atoms with Gasteiger partial charge < -0.3 is 20.4 Å². The van der Waals surface area contributed by atoms with Gasteiger partial charge in [0.1, 0.15) is 11.3 Å². The molecule has 0 aliphatic rings. The van der Waals surface area contributed by atoms with Gasteiger partial charge >= 0.3 is 11.7 Å². The number of amides is 2. The van der Waals surface area contributed by atoms with E-state index in [1.54, 1.807) is 36.5 Å². The number of fused-ring (bicyclic) bond motifs is 1. The number of ether oxygens (including phenoxy) is 1. The summed E-state index contributed by atoms with van der Waals surface area (Å²) in [5, 5.41) is 5.48. The van der Waals surface area contributed by atoms with Gasteiger partial charge in [-0.25, -0.2) is 14.6 Å². The number of H-pyrrole nitrogens is 2. The zero-order valence-electron chi connectivity index (χ0n) is 13.2. The van der Waals surface area contributed by atoms with Gasteiger partial charge in [0.2, 0.25) is 0 Å². The second kappa shape index (κ2) is 6.45. The highest BCUT2D eigenvalue weighted by Crippen LogP contribution is 2.27. The summed E-state index contributed by atoms with van der Waals surface area (Å²) in [4.78, 5) is 32.4. The van der Waals surface area contributed by atoms with Gasteiger partial charge in [-0.3, -0.25) is 4.98 Å². The largest absolute Gasteiger partial charge is 0.455 e. The molecule has 0 spiro atoms. The summed E-state index contributed by atoms with van der Waals surface area (Å²) in [6, 6.07) is 8.37. The first-order valence-corrected chi connectivity index (χ1v) is 7.44. The van der Waals surface area contributed by atoms with Gasteiger partial charge in [-0.2, -0.15) is 0 Å². The lowest BCUT2D eigenvalue weighted by molar-refractivity contribution is 0.250. The first kappa shape index (κ1) is 15.6. The number of rotatable bonds is 4. The quantitative estimate of drug-likeness (QED) is 0.590. The van der Waals surface area contributed by atoms with Gasteiger partial charge in [-0.15, -0.1) is 0 Å². The number of carbonyl (C=O) groups excluding carboxylic acids is 1. The van der Waals surface area contributed by atoms with Crippen molar-refractivity contribution in [1.82, 2.24) is 20.3 Å². The smallest absolute Gasteiger partial charge is 0.325 e.